The van der Waals surface area contributed by atoms with Gasteiger partial charge in [0.25, 0.3) is 0 Å². The SMILES string of the molecule is CCCN(C)c1nc(-c2ccccc2)nc2c1CN(C(=O)C1CCCCC1)CC2. The minimum atomic E-state index is 0.214. The summed E-state index contributed by atoms with van der Waals surface area (Å²) in [6.45, 7) is 4.53. The molecule has 2 aliphatic rings. The van der Waals surface area contributed by atoms with Crippen LogP contribution in [0.2, 0.25) is 0 Å². The maximum atomic E-state index is 13.1. The van der Waals surface area contributed by atoms with Crippen molar-refractivity contribution in [3.8, 4) is 11.4 Å². The molecule has 1 amide bonds. The molecule has 1 saturated carbocycles. The van der Waals surface area contributed by atoms with E-state index < -0.39 is 0 Å². The number of hydrogen-bond donors (Lipinski definition) is 0. The van der Waals surface area contributed by atoms with Crippen LogP contribution in [0, 0.1) is 5.92 Å². The average molecular weight is 393 g/mol. The predicted molar refractivity (Wildman–Crippen MR) is 117 cm³/mol. The number of aromatic nitrogens is 2. The van der Waals surface area contributed by atoms with Gasteiger partial charge in [-0.3, -0.25) is 4.79 Å². The zero-order valence-electron chi connectivity index (χ0n) is 17.7. The fraction of sp³-hybridized carbons (Fsp3) is 0.542. The Kier molecular flexibility index (Phi) is 6.12. The molecule has 1 aromatic heterocycles. The van der Waals surface area contributed by atoms with Crippen molar-refractivity contribution in [2.24, 2.45) is 5.92 Å². The van der Waals surface area contributed by atoms with Gasteiger partial charge in [0.15, 0.2) is 5.82 Å². The lowest BCUT2D eigenvalue weighted by Crippen LogP contribution is -2.41. The highest BCUT2D eigenvalue weighted by atomic mass is 16.2. The number of hydrogen-bond acceptors (Lipinski definition) is 4. The molecule has 5 heteroatoms. The van der Waals surface area contributed by atoms with Gasteiger partial charge in [-0.1, -0.05) is 56.5 Å². The molecule has 1 aliphatic heterocycles. The molecule has 0 N–H and O–H groups in total. The van der Waals surface area contributed by atoms with Gasteiger partial charge in [-0.05, 0) is 19.3 Å². The topological polar surface area (TPSA) is 49.3 Å². The summed E-state index contributed by atoms with van der Waals surface area (Å²) in [4.78, 5) is 27.3. The molecule has 0 atom stereocenters. The van der Waals surface area contributed by atoms with Crippen molar-refractivity contribution in [1.82, 2.24) is 14.9 Å². The van der Waals surface area contributed by atoms with Crippen LogP contribution < -0.4 is 4.90 Å². The summed E-state index contributed by atoms with van der Waals surface area (Å²) in [6, 6.07) is 10.2. The molecule has 0 radical (unpaired) electrons. The Balaban J connectivity index is 1.65. The van der Waals surface area contributed by atoms with E-state index in [1.165, 1.54) is 19.3 Å². The summed E-state index contributed by atoms with van der Waals surface area (Å²) in [5, 5.41) is 0. The third kappa shape index (κ3) is 4.29. The second-order valence-electron chi connectivity index (χ2n) is 8.43. The molecule has 0 unspecified atom stereocenters. The third-order valence-electron chi connectivity index (χ3n) is 6.26. The third-order valence-corrected chi connectivity index (χ3v) is 6.26. The summed E-state index contributed by atoms with van der Waals surface area (Å²) in [6.07, 6.45) is 7.62. The zero-order valence-corrected chi connectivity index (χ0v) is 17.7. The van der Waals surface area contributed by atoms with Gasteiger partial charge in [0.1, 0.15) is 5.82 Å². The highest BCUT2D eigenvalue weighted by molar-refractivity contribution is 5.79. The molecule has 2 heterocycles. The molecule has 4 rings (SSSR count). The first-order valence-electron chi connectivity index (χ1n) is 11.1. The van der Waals surface area contributed by atoms with Crippen LogP contribution in [-0.4, -0.2) is 40.9 Å². The number of benzene rings is 1. The predicted octanol–water partition coefficient (Wildman–Crippen LogP) is 4.45. The molecule has 0 bridgehead atoms. The van der Waals surface area contributed by atoms with Crippen molar-refractivity contribution in [1.29, 1.82) is 0 Å². The normalized spacial score (nSPS) is 17.1. The van der Waals surface area contributed by atoms with Crippen LogP contribution in [0.1, 0.15) is 56.7 Å². The number of nitrogens with zero attached hydrogens (tertiary/aromatic N) is 4. The number of amides is 1. The lowest BCUT2D eigenvalue weighted by molar-refractivity contribution is -0.137. The van der Waals surface area contributed by atoms with Crippen LogP contribution in [0.3, 0.4) is 0 Å². The van der Waals surface area contributed by atoms with E-state index in [0.717, 1.165) is 67.2 Å². The highest BCUT2D eigenvalue weighted by Crippen LogP contribution is 2.32. The van der Waals surface area contributed by atoms with E-state index in [1.54, 1.807) is 0 Å². The van der Waals surface area contributed by atoms with Crippen molar-refractivity contribution in [2.45, 2.75) is 58.4 Å². The van der Waals surface area contributed by atoms with Gasteiger partial charge in [-0.25, -0.2) is 9.97 Å². The fourth-order valence-electron chi connectivity index (χ4n) is 4.67. The molecular formula is C24H32N4O. The van der Waals surface area contributed by atoms with Gasteiger partial charge >= 0.3 is 0 Å². The van der Waals surface area contributed by atoms with Crippen LogP contribution in [0.15, 0.2) is 30.3 Å². The van der Waals surface area contributed by atoms with E-state index in [-0.39, 0.29) is 5.92 Å². The first-order chi connectivity index (χ1) is 14.2. The van der Waals surface area contributed by atoms with Crippen molar-refractivity contribution in [3.63, 3.8) is 0 Å². The second kappa shape index (κ2) is 8.93. The van der Waals surface area contributed by atoms with Gasteiger partial charge in [0, 0.05) is 43.6 Å². The Bertz CT molecular complexity index is 845. The zero-order chi connectivity index (χ0) is 20.2. The Labute approximate surface area is 174 Å². The van der Waals surface area contributed by atoms with Crippen LogP contribution in [-0.2, 0) is 17.8 Å². The summed E-state index contributed by atoms with van der Waals surface area (Å²) in [5.74, 6) is 2.32. The number of carbonyl (C=O) groups is 1. The van der Waals surface area contributed by atoms with Gasteiger partial charge in [-0.2, -0.15) is 0 Å². The molecule has 1 fully saturated rings. The molecule has 0 saturated heterocycles. The van der Waals surface area contributed by atoms with Crippen LogP contribution in [0.4, 0.5) is 5.82 Å². The monoisotopic (exact) mass is 392 g/mol. The Morgan fingerprint density at radius 3 is 2.62 bits per heavy atom. The first kappa shape index (κ1) is 19.9. The maximum Gasteiger partial charge on any atom is 0.225 e. The first-order valence-corrected chi connectivity index (χ1v) is 11.1. The number of carbonyl (C=O) groups excluding carboxylic acids is 1. The average Bonchev–Trinajstić information content (AvgIpc) is 2.78. The molecule has 154 valence electrons. The number of rotatable bonds is 5. The van der Waals surface area contributed by atoms with Crippen molar-refractivity contribution in [3.05, 3.63) is 41.6 Å². The molecule has 0 spiro atoms. The smallest absolute Gasteiger partial charge is 0.225 e. The minimum absolute atomic E-state index is 0.214. The van der Waals surface area contributed by atoms with E-state index in [4.69, 9.17) is 9.97 Å². The van der Waals surface area contributed by atoms with E-state index in [9.17, 15) is 4.79 Å². The quantitative estimate of drug-likeness (QED) is 0.754. The summed E-state index contributed by atoms with van der Waals surface area (Å²) in [5.41, 5.74) is 3.28. The highest BCUT2D eigenvalue weighted by Gasteiger charge is 2.31. The molecule has 1 aliphatic carbocycles. The molecule has 1 aromatic carbocycles. The van der Waals surface area contributed by atoms with Crippen molar-refractivity contribution >= 4 is 11.7 Å². The minimum Gasteiger partial charge on any atom is -0.359 e. The van der Waals surface area contributed by atoms with Gasteiger partial charge in [0.05, 0.1) is 12.2 Å². The molecular weight excluding hydrogens is 360 g/mol. The van der Waals surface area contributed by atoms with Crippen molar-refractivity contribution < 1.29 is 4.79 Å². The summed E-state index contributed by atoms with van der Waals surface area (Å²) >= 11 is 0. The second-order valence-corrected chi connectivity index (χ2v) is 8.43. The Morgan fingerprint density at radius 1 is 1.14 bits per heavy atom. The maximum absolute atomic E-state index is 13.1. The fourth-order valence-corrected chi connectivity index (χ4v) is 4.67. The Morgan fingerprint density at radius 2 is 1.90 bits per heavy atom. The van der Waals surface area contributed by atoms with Gasteiger partial charge < -0.3 is 9.80 Å². The van der Waals surface area contributed by atoms with Crippen LogP contribution in [0.25, 0.3) is 11.4 Å². The molecule has 2 aromatic rings. The van der Waals surface area contributed by atoms with Gasteiger partial charge in [-0.15, -0.1) is 0 Å². The molecule has 29 heavy (non-hydrogen) atoms. The van der Waals surface area contributed by atoms with E-state index in [0.29, 0.717) is 12.5 Å². The molecule has 5 nitrogen and oxygen atoms in total. The van der Waals surface area contributed by atoms with Crippen LogP contribution >= 0.6 is 0 Å². The summed E-state index contributed by atoms with van der Waals surface area (Å²) < 4.78 is 0. The lowest BCUT2D eigenvalue weighted by Gasteiger charge is -2.34. The van der Waals surface area contributed by atoms with Gasteiger partial charge in [0.2, 0.25) is 5.91 Å². The van der Waals surface area contributed by atoms with Crippen LogP contribution in [0.5, 0.6) is 0 Å². The van der Waals surface area contributed by atoms with Crippen molar-refractivity contribution in [2.75, 3.05) is 25.0 Å². The lowest BCUT2D eigenvalue weighted by atomic mass is 9.87. The number of anilines is 1. The standard InChI is InChI=1S/C24H32N4O/c1-3-15-27(2)23-20-17-28(24(29)19-12-8-5-9-13-19)16-14-21(20)25-22(26-23)18-10-6-4-7-11-18/h4,6-7,10-11,19H,3,5,8-9,12-17H2,1-2H3. The summed E-state index contributed by atoms with van der Waals surface area (Å²) in [7, 11) is 2.10. The van der Waals surface area contributed by atoms with E-state index in [1.807, 2.05) is 18.2 Å². The largest absolute Gasteiger partial charge is 0.359 e. The van der Waals surface area contributed by atoms with E-state index >= 15 is 0 Å². The number of fused-ring (bicyclic) bond motifs is 1. The Hall–Kier alpha value is -2.43. The van der Waals surface area contributed by atoms with E-state index in [2.05, 4.69) is 35.9 Å².